The Morgan fingerprint density at radius 1 is 1.26 bits per heavy atom. The summed E-state index contributed by atoms with van der Waals surface area (Å²) in [7, 11) is 0. The van der Waals surface area contributed by atoms with Crippen molar-refractivity contribution in [1.29, 1.82) is 0 Å². The van der Waals surface area contributed by atoms with Crippen molar-refractivity contribution >= 4 is 39.9 Å². The van der Waals surface area contributed by atoms with E-state index in [1.165, 1.54) is 50.1 Å². The van der Waals surface area contributed by atoms with Crippen molar-refractivity contribution < 1.29 is 4.79 Å². The molecule has 4 heterocycles. The summed E-state index contributed by atoms with van der Waals surface area (Å²) in [5.74, 6) is 0.678. The van der Waals surface area contributed by atoms with E-state index < -0.39 is 0 Å². The fourth-order valence-electron chi connectivity index (χ4n) is 4.49. The van der Waals surface area contributed by atoms with Gasteiger partial charge in [-0.3, -0.25) is 9.69 Å². The van der Waals surface area contributed by atoms with Crippen LogP contribution >= 0.6 is 23.7 Å². The molecule has 122 valence electrons. The minimum Gasteiger partial charge on any atom is -0.345 e. The van der Waals surface area contributed by atoms with Crippen LogP contribution in [0.15, 0.2) is 24.3 Å². The van der Waals surface area contributed by atoms with Crippen molar-refractivity contribution in [2.75, 3.05) is 13.1 Å². The van der Waals surface area contributed by atoms with Gasteiger partial charge in [0.1, 0.15) is 0 Å². The lowest BCUT2D eigenvalue weighted by molar-refractivity contribution is -0.00144. The third-order valence-electron chi connectivity index (χ3n) is 5.76. The summed E-state index contributed by atoms with van der Waals surface area (Å²) in [5.41, 5.74) is 1.21. The normalized spacial score (nSPS) is 30.2. The quantitative estimate of drug-likeness (QED) is 0.906. The number of hydrogen-bond donors (Lipinski definition) is 1. The Morgan fingerprint density at radius 2 is 2.00 bits per heavy atom. The molecule has 1 aliphatic carbocycles. The number of hydrogen-bond acceptors (Lipinski definition) is 4. The molecule has 4 nitrogen and oxygen atoms in total. The van der Waals surface area contributed by atoms with Crippen LogP contribution in [0, 0.1) is 5.92 Å². The number of carbonyl (C=O) groups is 1. The predicted octanol–water partition coefficient (Wildman–Crippen LogP) is 3.07. The van der Waals surface area contributed by atoms with Gasteiger partial charge >= 0.3 is 0 Å². The highest BCUT2D eigenvalue weighted by Crippen LogP contribution is 2.53. The number of aromatic nitrogens is 1. The standard InChI is InChI=1S/C17H19N3OS.ClH/c21-15(16-18-12-3-1-2-4-13(12)22-16)19-14-11-5-9-20(10-6-11)17(14)7-8-17;/h1-4,11,14H,5-10H2,(H,19,21);1H. The summed E-state index contributed by atoms with van der Waals surface area (Å²) in [5, 5.41) is 3.95. The van der Waals surface area contributed by atoms with Gasteiger partial charge in [-0.2, -0.15) is 0 Å². The van der Waals surface area contributed by atoms with Crippen LogP contribution in [0.5, 0.6) is 0 Å². The lowest BCUT2D eigenvalue weighted by Crippen LogP contribution is -2.65. The highest BCUT2D eigenvalue weighted by molar-refractivity contribution is 7.20. The number of para-hydroxylation sites is 1. The van der Waals surface area contributed by atoms with Crippen LogP contribution in [-0.4, -0.2) is 40.5 Å². The van der Waals surface area contributed by atoms with Gasteiger partial charge in [0, 0.05) is 5.54 Å². The molecule has 23 heavy (non-hydrogen) atoms. The number of fused-ring (bicyclic) bond motifs is 3. The first-order chi connectivity index (χ1) is 10.8. The van der Waals surface area contributed by atoms with Crippen LogP contribution in [0.25, 0.3) is 10.2 Å². The highest BCUT2D eigenvalue weighted by atomic mass is 35.5. The summed E-state index contributed by atoms with van der Waals surface area (Å²) < 4.78 is 1.09. The molecular weight excluding hydrogens is 330 g/mol. The van der Waals surface area contributed by atoms with E-state index in [1.54, 1.807) is 0 Å². The maximum absolute atomic E-state index is 12.7. The Labute approximate surface area is 145 Å². The molecule has 1 amide bonds. The average molecular weight is 350 g/mol. The summed E-state index contributed by atoms with van der Waals surface area (Å²) in [6.45, 7) is 2.44. The molecule has 1 spiro atoms. The van der Waals surface area contributed by atoms with E-state index in [0.717, 1.165) is 10.2 Å². The molecule has 4 aliphatic rings. The van der Waals surface area contributed by atoms with Crippen LogP contribution in [0.1, 0.15) is 35.5 Å². The van der Waals surface area contributed by atoms with E-state index >= 15 is 0 Å². The molecule has 6 rings (SSSR count). The largest absolute Gasteiger partial charge is 0.345 e. The SMILES string of the molecule is Cl.O=C(NC1C2CCN(CC2)C12CC2)c1nc2ccccc2s1. The number of piperidine rings is 3. The van der Waals surface area contributed by atoms with Crippen LogP contribution in [0.3, 0.4) is 0 Å². The smallest absolute Gasteiger partial charge is 0.280 e. The van der Waals surface area contributed by atoms with Crippen molar-refractivity contribution in [3.8, 4) is 0 Å². The lowest BCUT2D eigenvalue weighted by Gasteiger charge is -2.52. The molecular formula is C17H20ClN3OS. The summed E-state index contributed by atoms with van der Waals surface area (Å²) in [6, 6.07) is 8.29. The zero-order valence-electron chi connectivity index (χ0n) is 12.8. The Bertz CT molecular complexity index is 716. The van der Waals surface area contributed by atoms with Crippen molar-refractivity contribution in [2.45, 2.75) is 37.3 Å². The molecule has 3 aliphatic heterocycles. The molecule has 0 radical (unpaired) electrons. The molecule has 2 bridgehead atoms. The Morgan fingerprint density at radius 3 is 2.70 bits per heavy atom. The highest BCUT2D eigenvalue weighted by Gasteiger charge is 2.60. The van der Waals surface area contributed by atoms with Crippen LogP contribution < -0.4 is 5.32 Å². The molecule has 1 atom stereocenters. The molecule has 2 aromatic rings. The van der Waals surface area contributed by atoms with Gasteiger partial charge in [0.25, 0.3) is 5.91 Å². The van der Waals surface area contributed by atoms with Crippen molar-refractivity contribution in [3.05, 3.63) is 29.3 Å². The Hall–Kier alpha value is -1.17. The van der Waals surface area contributed by atoms with Gasteiger partial charge in [0.05, 0.1) is 16.3 Å². The first-order valence-corrected chi connectivity index (χ1v) is 8.99. The van der Waals surface area contributed by atoms with E-state index in [2.05, 4.69) is 15.2 Å². The number of carbonyl (C=O) groups excluding carboxylic acids is 1. The molecule has 6 heteroatoms. The van der Waals surface area contributed by atoms with Gasteiger partial charge in [0.15, 0.2) is 5.01 Å². The zero-order valence-corrected chi connectivity index (χ0v) is 14.5. The van der Waals surface area contributed by atoms with Crippen molar-refractivity contribution in [3.63, 3.8) is 0 Å². The summed E-state index contributed by atoms with van der Waals surface area (Å²) in [6.07, 6.45) is 4.95. The van der Waals surface area contributed by atoms with Crippen molar-refractivity contribution in [2.24, 2.45) is 5.92 Å². The van der Waals surface area contributed by atoms with Crippen molar-refractivity contribution in [1.82, 2.24) is 15.2 Å². The topological polar surface area (TPSA) is 45.2 Å². The molecule has 1 aromatic heterocycles. The van der Waals surface area contributed by atoms with Gasteiger partial charge < -0.3 is 5.32 Å². The Kier molecular flexibility index (Phi) is 3.63. The lowest BCUT2D eigenvalue weighted by atomic mass is 9.77. The number of nitrogens with zero attached hydrogens (tertiary/aromatic N) is 2. The summed E-state index contributed by atoms with van der Waals surface area (Å²) >= 11 is 1.50. The maximum atomic E-state index is 12.7. The zero-order chi connectivity index (χ0) is 14.7. The number of benzene rings is 1. The van der Waals surface area contributed by atoms with Gasteiger partial charge in [0.2, 0.25) is 0 Å². The monoisotopic (exact) mass is 349 g/mol. The number of nitrogens with one attached hydrogen (secondary N) is 1. The molecule has 1 N–H and O–H groups in total. The minimum absolute atomic E-state index is 0. The molecule has 3 saturated heterocycles. The minimum atomic E-state index is 0. The fraction of sp³-hybridized carbons (Fsp3) is 0.529. The maximum Gasteiger partial charge on any atom is 0.280 e. The predicted molar refractivity (Wildman–Crippen MR) is 94.4 cm³/mol. The third-order valence-corrected chi connectivity index (χ3v) is 6.79. The van der Waals surface area contributed by atoms with Gasteiger partial charge in [-0.15, -0.1) is 23.7 Å². The number of amides is 1. The van der Waals surface area contributed by atoms with Crippen LogP contribution in [-0.2, 0) is 0 Å². The van der Waals surface area contributed by atoms with Crippen LogP contribution in [0.2, 0.25) is 0 Å². The first kappa shape index (κ1) is 15.4. The molecule has 1 saturated carbocycles. The molecule has 1 unspecified atom stereocenters. The number of rotatable bonds is 2. The second kappa shape index (κ2) is 5.43. The summed E-state index contributed by atoms with van der Waals surface area (Å²) in [4.78, 5) is 19.8. The second-order valence-corrected chi connectivity index (χ2v) is 7.90. The van der Waals surface area contributed by atoms with E-state index in [1.807, 2.05) is 24.3 Å². The molecule has 4 fully saturated rings. The van der Waals surface area contributed by atoms with Gasteiger partial charge in [-0.05, 0) is 56.8 Å². The molecule has 1 aromatic carbocycles. The first-order valence-electron chi connectivity index (χ1n) is 8.18. The van der Waals surface area contributed by atoms with Gasteiger partial charge in [-0.1, -0.05) is 12.1 Å². The van der Waals surface area contributed by atoms with Crippen LogP contribution in [0.4, 0.5) is 0 Å². The second-order valence-electron chi connectivity index (χ2n) is 6.87. The van der Waals surface area contributed by atoms with E-state index in [4.69, 9.17) is 0 Å². The van der Waals surface area contributed by atoms with E-state index in [0.29, 0.717) is 17.0 Å². The third kappa shape index (κ3) is 2.29. The van der Waals surface area contributed by atoms with E-state index in [9.17, 15) is 4.79 Å². The Balaban J connectivity index is 0.00000135. The average Bonchev–Trinajstić information content (AvgIpc) is 3.20. The number of halogens is 1. The van der Waals surface area contributed by atoms with Gasteiger partial charge in [-0.25, -0.2) is 4.98 Å². The fourth-order valence-corrected chi connectivity index (χ4v) is 5.36. The van der Waals surface area contributed by atoms with E-state index in [-0.39, 0.29) is 23.9 Å². The number of thiazole rings is 1.